The summed E-state index contributed by atoms with van der Waals surface area (Å²) in [6, 6.07) is 2.50. The molecular weight excluding hydrogens is 318 g/mol. The molecule has 1 aromatic rings. The molecule has 0 radical (unpaired) electrons. The topological polar surface area (TPSA) is 95.7 Å². The van der Waals surface area contributed by atoms with Gasteiger partial charge in [0, 0.05) is 5.02 Å². The van der Waals surface area contributed by atoms with Crippen LogP contribution in [0.15, 0.2) is 17.0 Å². The van der Waals surface area contributed by atoms with Crippen LogP contribution in [-0.2, 0) is 19.5 Å². The fraction of sp³-hybridized carbons (Fsp3) is 0.462. The maximum Gasteiger partial charge on any atom is 0.338 e. The van der Waals surface area contributed by atoms with Gasteiger partial charge in [0.05, 0.1) is 23.2 Å². The predicted octanol–water partition coefficient (Wildman–Crippen LogP) is 1.88. The normalized spacial score (nSPS) is 11.7. The highest BCUT2D eigenvalue weighted by Gasteiger charge is 2.19. The lowest BCUT2D eigenvalue weighted by Crippen LogP contribution is -2.17. The number of benzene rings is 1. The summed E-state index contributed by atoms with van der Waals surface area (Å²) in [5, 5.41) is 5.22. The Morgan fingerprint density at radius 2 is 1.95 bits per heavy atom. The second-order valence-electron chi connectivity index (χ2n) is 4.68. The van der Waals surface area contributed by atoms with E-state index in [9.17, 15) is 13.2 Å². The van der Waals surface area contributed by atoms with E-state index in [1.54, 1.807) is 0 Å². The van der Waals surface area contributed by atoms with Crippen molar-refractivity contribution in [2.75, 3.05) is 13.2 Å². The molecule has 2 N–H and O–H groups in total. The third-order valence-electron chi connectivity index (χ3n) is 2.61. The Kier molecular flexibility index (Phi) is 6.15. The van der Waals surface area contributed by atoms with E-state index in [0.717, 1.165) is 6.07 Å². The third kappa shape index (κ3) is 5.28. The van der Waals surface area contributed by atoms with Crippen LogP contribution in [0.5, 0.6) is 0 Å². The predicted molar refractivity (Wildman–Crippen MR) is 78.9 cm³/mol. The minimum atomic E-state index is -3.97. The summed E-state index contributed by atoms with van der Waals surface area (Å²) in [6.07, 6.45) is 0.0338. The van der Waals surface area contributed by atoms with E-state index >= 15 is 0 Å². The molecule has 1 rings (SSSR count). The fourth-order valence-electron chi connectivity index (χ4n) is 1.57. The Morgan fingerprint density at radius 1 is 1.33 bits per heavy atom. The molecule has 118 valence electrons. The number of sulfonamides is 1. The van der Waals surface area contributed by atoms with Crippen molar-refractivity contribution in [2.24, 2.45) is 5.14 Å². The van der Waals surface area contributed by atoms with Crippen molar-refractivity contribution in [3.05, 3.63) is 28.3 Å². The molecule has 0 aliphatic heterocycles. The number of hydrogen-bond donors (Lipinski definition) is 1. The lowest BCUT2D eigenvalue weighted by Gasteiger charge is -2.10. The van der Waals surface area contributed by atoms with E-state index in [0.29, 0.717) is 5.56 Å². The Balaban J connectivity index is 2.89. The highest BCUT2D eigenvalue weighted by Crippen LogP contribution is 2.25. The molecule has 21 heavy (non-hydrogen) atoms. The summed E-state index contributed by atoms with van der Waals surface area (Å²) >= 11 is 5.92. The lowest BCUT2D eigenvalue weighted by molar-refractivity contribution is 0.0177. The molecule has 0 aliphatic carbocycles. The number of esters is 1. The van der Waals surface area contributed by atoms with E-state index < -0.39 is 16.0 Å². The van der Waals surface area contributed by atoms with Gasteiger partial charge in [0.25, 0.3) is 0 Å². The minimum Gasteiger partial charge on any atom is -0.460 e. The van der Waals surface area contributed by atoms with Gasteiger partial charge in [-0.15, -0.1) is 0 Å². The third-order valence-corrected chi connectivity index (χ3v) is 4.04. The van der Waals surface area contributed by atoms with Crippen molar-refractivity contribution < 1.29 is 22.7 Å². The molecule has 0 amide bonds. The first kappa shape index (κ1) is 17.9. The molecule has 0 unspecified atom stereocenters. The highest BCUT2D eigenvalue weighted by molar-refractivity contribution is 7.89. The Bertz CT molecular complexity index is 628. The summed E-state index contributed by atoms with van der Waals surface area (Å²) in [7, 11) is -3.97. The summed E-state index contributed by atoms with van der Waals surface area (Å²) < 4.78 is 33.1. The van der Waals surface area contributed by atoms with Gasteiger partial charge < -0.3 is 9.47 Å². The number of hydrogen-bond acceptors (Lipinski definition) is 5. The summed E-state index contributed by atoms with van der Waals surface area (Å²) in [5.74, 6) is -0.686. The van der Waals surface area contributed by atoms with Crippen LogP contribution in [0.25, 0.3) is 0 Å². The molecular formula is C13H18ClNO5S. The lowest BCUT2D eigenvalue weighted by atomic mass is 10.1. The number of halogens is 1. The van der Waals surface area contributed by atoms with Crippen LogP contribution in [0.3, 0.4) is 0 Å². The quantitative estimate of drug-likeness (QED) is 0.632. The molecule has 8 heteroatoms. The smallest absolute Gasteiger partial charge is 0.338 e. The van der Waals surface area contributed by atoms with Crippen LogP contribution < -0.4 is 5.14 Å². The zero-order chi connectivity index (χ0) is 16.2. The number of primary sulfonamides is 1. The Morgan fingerprint density at radius 3 is 2.48 bits per heavy atom. The fourth-order valence-corrected chi connectivity index (χ4v) is 2.67. The molecule has 0 heterocycles. The van der Waals surface area contributed by atoms with Gasteiger partial charge in [-0.2, -0.15) is 0 Å². The highest BCUT2D eigenvalue weighted by atomic mass is 35.5. The van der Waals surface area contributed by atoms with E-state index in [1.807, 2.05) is 13.8 Å². The number of carbonyl (C=O) groups is 1. The van der Waals surface area contributed by atoms with Crippen LogP contribution in [0.2, 0.25) is 5.02 Å². The van der Waals surface area contributed by atoms with Crippen molar-refractivity contribution in [1.82, 2.24) is 0 Å². The van der Waals surface area contributed by atoms with E-state index in [2.05, 4.69) is 0 Å². The van der Waals surface area contributed by atoms with Crippen LogP contribution in [0, 0.1) is 6.92 Å². The molecule has 0 aromatic heterocycles. The Hall–Kier alpha value is -1.15. The largest absolute Gasteiger partial charge is 0.460 e. The first-order chi connectivity index (χ1) is 9.62. The second kappa shape index (κ2) is 7.22. The molecule has 0 aliphatic rings. The molecule has 0 saturated carbocycles. The van der Waals surface area contributed by atoms with Crippen LogP contribution in [0.4, 0.5) is 0 Å². The van der Waals surface area contributed by atoms with Crippen LogP contribution in [-0.4, -0.2) is 33.7 Å². The zero-order valence-corrected chi connectivity index (χ0v) is 13.6. The summed E-state index contributed by atoms with van der Waals surface area (Å²) in [4.78, 5) is 11.7. The number of nitrogens with two attached hydrogens (primary N) is 1. The molecule has 0 atom stereocenters. The molecule has 0 saturated heterocycles. The molecule has 6 nitrogen and oxygen atoms in total. The van der Waals surface area contributed by atoms with Gasteiger partial charge in [-0.1, -0.05) is 11.6 Å². The van der Waals surface area contributed by atoms with Gasteiger partial charge in [0.15, 0.2) is 0 Å². The van der Waals surface area contributed by atoms with Gasteiger partial charge in [0.2, 0.25) is 10.0 Å². The van der Waals surface area contributed by atoms with E-state index in [1.165, 1.54) is 13.0 Å². The molecule has 0 fully saturated rings. The van der Waals surface area contributed by atoms with Gasteiger partial charge >= 0.3 is 5.97 Å². The van der Waals surface area contributed by atoms with Crippen molar-refractivity contribution in [1.29, 1.82) is 0 Å². The number of ether oxygens (including phenoxy) is 2. The van der Waals surface area contributed by atoms with Gasteiger partial charge in [-0.25, -0.2) is 18.4 Å². The summed E-state index contributed by atoms with van der Waals surface area (Å²) in [5.41, 5.74) is 0.318. The molecule has 1 aromatic carbocycles. The SMILES string of the molecule is Cc1c(Cl)cc(C(=O)OCCOC(C)C)cc1S(N)(=O)=O. The average molecular weight is 336 g/mol. The maximum atomic E-state index is 11.9. The van der Waals surface area contributed by atoms with Gasteiger partial charge in [-0.05, 0) is 38.5 Å². The van der Waals surface area contributed by atoms with Gasteiger partial charge in [0.1, 0.15) is 6.61 Å². The first-order valence-corrected chi connectivity index (χ1v) is 8.17. The zero-order valence-electron chi connectivity index (χ0n) is 12.1. The Labute approximate surface area is 129 Å². The van der Waals surface area contributed by atoms with Crippen molar-refractivity contribution in [3.63, 3.8) is 0 Å². The second-order valence-corrected chi connectivity index (χ2v) is 6.62. The van der Waals surface area contributed by atoms with Crippen molar-refractivity contribution in [2.45, 2.75) is 31.8 Å². The van der Waals surface area contributed by atoms with Crippen LogP contribution in [0.1, 0.15) is 29.8 Å². The van der Waals surface area contributed by atoms with Crippen molar-refractivity contribution >= 4 is 27.6 Å². The maximum absolute atomic E-state index is 11.9. The number of carbonyl (C=O) groups excluding carboxylic acids is 1. The van der Waals surface area contributed by atoms with Crippen LogP contribution >= 0.6 is 11.6 Å². The standard InChI is InChI=1S/C13H18ClNO5S/c1-8(2)19-4-5-20-13(16)10-6-11(14)9(3)12(7-10)21(15,17)18/h6-8H,4-5H2,1-3H3,(H2,15,17,18). The van der Waals surface area contributed by atoms with Crippen molar-refractivity contribution in [3.8, 4) is 0 Å². The average Bonchev–Trinajstić information content (AvgIpc) is 2.35. The minimum absolute atomic E-state index is 0.0270. The number of rotatable bonds is 6. The van der Waals surface area contributed by atoms with E-state index in [-0.39, 0.29) is 34.8 Å². The molecule has 0 spiro atoms. The molecule has 0 bridgehead atoms. The summed E-state index contributed by atoms with van der Waals surface area (Å²) in [6.45, 7) is 5.55. The monoisotopic (exact) mass is 335 g/mol. The van der Waals surface area contributed by atoms with Gasteiger partial charge in [-0.3, -0.25) is 0 Å². The van der Waals surface area contributed by atoms with E-state index in [4.69, 9.17) is 26.2 Å². The first-order valence-electron chi connectivity index (χ1n) is 6.24.